The molecule has 0 radical (unpaired) electrons. The van der Waals surface area contributed by atoms with Crippen LogP contribution in [0.1, 0.15) is 18.4 Å². The van der Waals surface area contributed by atoms with Gasteiger partial charge in [0, 0.05) is 41.7 Å². The molecule has 1 saturated heterocycles. The van der Waals surface area contributed by atoms with E-state index in [2.05, 4.69) is 20.3 Å². The number of carbonyl (C=O) groups is 1. The molecule has 2 aromatic heterocycles. The molecule has 1 aliphatic heterocycles. The van der Waals surface area contributed by atoms with Crippen molar-refractivity contribution in [2.45, 2.75) is 19.4 Å². The van der Waals surface area contributed by atoms with Crippen LogP contribution in [0.2, 0.25) is 0 Å². The van der Waals surface area contributed by atoms with Gasteiger partial charge in [0.2, 0.25) is 5.91 Å². The van der Waals surface area contributed by atoms with E-state index < -0.39 is 0 Å². The smallest absolute Gasteiger partial charge is 0.248 e. The highest BCUT2D eigenvalue weighted by atomic mass is 16.5. The molecule has 0 bridgehead atoms. The van der Waals surface area contributed by atoms with E-state index in [1.807, 2.05) is 59.4 Å². The first-order valence-corrected chi connectivity index (χ1v) is 11.6. The summed E-state index contributed by atoms with van der Waals surface area (Å²) in [6.45, 7) is 4.17. The largest absolute Gasteiger partial charge is 0.457 e. The third kappa shape index (κ3) is 5.32. The van der Waals surface area contributed by atoms with Gasteiger partial charge in [-0.25, -0.2) is 0 Å². The maximum atomic E-state index is 12.6. The number of pyridine rings is 1. The SMILES string of the molecule is O=C(C=Cc1cnccc1Oc1ccccc1)Nc1ccc2cnn(CCN3CCCC3)c2c1. The Morgan fingerprint density at radius 3 is 2.74 bits per heavy atom. The van der Waals surface area contributed by atoms with Gasteiger partial charge in [-0.15, -0.1) is 0 Å². The van der Waals surface area contributed by atoms with Gasteiger partial charge in [0.05, 0.1) is 18.3 Å². The Bertz CT molecular complexity index is 1290. The molecule has 4 aromatic rings. The molecule has 0 aliphatic carbocycles. The van der Waals surface area contributed by atoms with E-state index >= 15 is 0 Å². The first-order valence-electron chi connectivity index (χ1n) is 11.6. The van der Waals surface area contributed by atoms with Crippen molar-refractivity contribution in [2.75, 3.05) is 25.0 Å². The molecular formula is C27H27N5O2. The highest BCUT2D eigenvalue weighted by Gasteiger charge is 2.12. The number of anilines is 1. The summed E-state index contributed by atoms with van der Waals surface area (Å²) >= 11 is 0. The number of amides is 1. The molecule has 0 saturated carbocycles. The van der Waals surface area contributed by atoms with E-state index in [1.54, 1.807) is 24.5 Å². The summed E-state index contributed by atoms with van der Waals surface area (Å²) in [4.78, 5) is 19.3. The molecule has 1 aliphatic rings. The van der Waals surface area contributed by atoms with Crippen LogP contribution in [0.4, 0.5) is 5.69 Å². The van der Waals surface area contributed by atoms with Crippen LogP contribution in [0.15, 0.2) is 79.3 Å². The fourth-order valence-corrected chi connectivity index (χ4v) is 4.15. The fraction of sp³-hybridized carbons (Fsp3) is 0.222. The highest BCUT2D eigenvalue weighted by molar-refractivity contribution is 6.03. The van der Waals surface area contributed by atoms with Crippen molar-refractivity contribution in [2.24, 2.45) is 0 Å². The second-order valence-corrected chi connectivity index (χ2v) is 8.34. The monoisotopic (exact) mass is 453 g/mol. The van der Waals surface area contributed by atoms with Crippen molar-refractivity contribution in [1.82, 2.24) is 19.7 Å². The number of fused-ring (bicyclic) bond motifs is 1. The van der Waals surface area contributed by atoms with Crippen molar-refractivity contribution in [3.8, 4) is 11.5 Å². The van der Waals surface area contributed by atoms with E-state index in [4.69, 9.17) is 4.74 Å². The Labute approximate surface area is 198 Å². The molecule has 1 N–H and O–H groups in total. The molecular weight excluding hydrogens is 426 g/mol. The van der Waals surface area contributed by atoms with Gasteiger partial charge < -0.3 is 15.0 Å². The summed E-state index contributed by atoms with van der Waals surface area (Å²) in [7, 11) is 0. The molecule has 7 nitrogen and oxygen atoms in total. The van der Waals surface area contributed by atoms with Crippen LogP contribution in [0.5, 0.6) is 11.5 Å². The number of nitrogens with zero attached hydrogens (tertiary/aromatic N) is 4. The lowest BCUT2D eigenvalue weighted by molar-refractivity contribution is -0.111. The highest BCUT2D eigenvalue weighted by Crippen LogP contribution is 2.25. The minimum Gasteiger partial charge on any atom is -0.457 e. The van der Waals surface area contributed by atoms with Crippen molar-refractivity contribution < 1.29 is 9.53 Å². The zero-order valence-electron chi connectivity index (χ0n) is 18.9. The zero-order chi connectivity index (χ0) is 23.2. The van der Waals surface area contributed by atoms with Gasteiger partial charge in [-0.3, -0.25) is 14.5 Å². The Hall–Kier alpha value is -3.97. The number of hydrogen-bond acceptors (Lipinski definition) is 5. The van der Waals surface area contributed by atoms with Gasteiger partial charge >= 0.3 is 0 Å². The second-order valence-electron chi connectivity index (χ2n) is 8.34. The number of aromatic nitrogens is 3. The first-order chi connectivity index (χ1) is 16.7. The van der Waals surface area contributed by atoms with Crippen LogP contribution in [0, 0.1) is 0 Å². The van der Waals surface area contributed by atoms with Gasteiger partial charge in [0.15, 0.2) is 0 Å². The van der Waals surface area contributed by atoms with E-state index in [0.29, 0.717) is 5.75 Å². The van der Waals surface area contributed by atoms with Crippen LogP contribution >= 0.6 is 0 Å². The molecule has 5 rings (SSSR count). The molecule has 1 fully saturated rings. The summed E-state index contributed by atoms with van der Waals surface area (Å²) in [5.41, 5.74) is 2.47. The normalized spacial score (nSPS) is 14.1. The summed E-state index contributed by atoms with van der Waals surface area (Å²) in [6.07, 6.45) is 11.0. The zero-order valence-corrected chi connectivity index (χ0v) is 18.9. The summed E-state index contributed by atoms with van der Waals surface area (Å²) in [5, 5.41) is 8.55. The average molecular weight is 454 g/mol. The first kappa shape index (κ1) is 21.9. The molecule has 2 aromatic carbocycles. The Morgan fingerprint density at radius 1 is 1.03 bits per heavy atom. The third-order valence-corrected chi connectivity index (χ3v) is 5.93. The number of hydrogen-bond donors (Lipinski definition) is 1. The number of nitrogens with one attached hydrogen (secondary N) is 1. The van der Waals surface area contributed by atoms with Crippen molar-refractivity contribution >= 4 is 28.6 Å². The number of rotatable bonds is 8. The molecule has 0 spiro atoms. The Kier molecular flexibility index (Phi) is 6.63. The number of para-hydroxylation sites is 1. The van der Waals surface area contributed by atoms with Crippen LogP contribution in [-0.4, -0.2) is 45.2 Å². The van der Waals surface area contributed by atoms with E-state index in [9.17, 15) is 4.79 Å². The molecule has 34 heavy (non-hydrogen) atoms. The number of likely N-dealkylation sites (tertiary alicyclic amines) is 1. The minimum atomic E-state index is -0.225. The third-order valence-electron chi connectivity index (χ3n) is 5.93. The van der Waals surface area contributed by atoms with Gasteiger partial charge in [-0.05, 0) is 68.4 Å². The minimum absolute atomic E-state index is 0.225. The van der Waals surface area contributed by atoms with Crippen LogP contribution in [0.25, 0.3) is 17.0 Å². The number of benzene rings is 2. The fourth-order valence-electron chi connectivity index (χ4n) is 4.15. The van der Waals surface area contributed by atoms with Gasteiger partial charge in [-0.1, -0.05) is 18.2 Å². The van der Waals surface area contributed by atoms with Gasteiger partial charge in [-0.2, -0.15) is 5.10 Å². The average Bonchev–Trinajstić information content (AvgIpc) is 3.53. The maximum Gasteiger partial charge on any atom is 0.248 e. The topological polar surface area (TPSA) is 72.3 Å². The van der Waals surface area contributed by atoms with E-state index in [-0.39, 0.29) is 5.91 Å². The van der Waals surface area contributed by atoms with Crippen LogP contribution < -0.4 is 10.1 Å². The molecule has 7 heteroatoms. The number of ether oxygens (including phenoxy) is 1. The summed E-state index contributed by atoms with van der Waals surface area (Å²) in [5.74, 6) is 1.13. The molecule has 0 unspecified atom stereocenters. The van der Waals surface area contributed by atoms with Crippen molar-refractivity contribution in [1.29, 1.82) is 0 Å². The van der Waals surface area contributed by atoms with Gasteiger partial charge in [0.25, 0.3) is 0 Å². The maximum absolute atomic E-state index is 12.6. The second kappa shape index (κ2) is 10.3. The van der Waals surface area contributed by atoms with Crippen molar-refractivity contribution in [3.05, 3.63) is 84.8 Å². The molecule has 0 atom stereocenters. The molecule has 3 heterocycles. The Morgan fingerprint density at radius 2 is 1.88 bits per heavy atom. The van der Waals surface area contributed by atoms with Gasteiger partial charge in [0.1, 0.15) is 11.5 Å². The standard InChI is InChI=1S/C27H27N5O2/c33-27(11-9-22-19-28-13-12-26(22)34-24-6-2-1-3-7-24)30-23-10-8-21-20-29-32(25(21)18-23)17-16-31-14-4-5-15-31/h1-3,6-13,18-20H,4-5,14-17H2,(H,30,33). The van der Waals surface area contributed by atoms with E-state index in [0.717, 1.165) is 41.0 Å². The predicted molar refractivity (Wildman–Crippen MR) is 134 cm³/mol. The molecule has 172 valence electrons. The lowest BCUT2D eigenvalue weighted by Gasteiger charge is -2.14. The van der Waals surface area contributed by atoms with Crippen LogP contribution in [-0.2, 0) is 11.3 Å². The van der Waals surface area contributed by atoms with Crippen LogP contribution in [0.3, 0.4) is 0 Å². The lowest BCUT2D eigenvalue weighted by atomic mass is 10.2. The summed E-state index contributed by atoms with van der Waals surface area (Å²) in [6, 6.07) is 17.2. The summed E-state index contributed by atoms with van der Waals surface area (Å²) < 4.78 is 7.95. The van der Waals surface area contributed by atoms with E-state index in [1.165, 1.54) is 32.0 Å². The predicted octanol–water partition coefficient (Wildman–Crippen LogP) is 4.97. The lowest BCUT2D eigenvalue weighted by Crippen LogP contribution is -2.24. The number of carbonyl (C=O) groups excluding carboxylic acids is 1. The Balaban J connectivity index is 1.25. The quantitative estimate of drug-likeness (QED) is 0.381. The van der Waals surface area contributed by atoms with Crippen molar-refractivity contribution in [3.63, 3.8) is 0 Å². The molecule has 1 amide bonds.